The van der Waals surface area contributed by atoms with E-state index in [0.29, 0.717) is 5.02 Å². The molecule has 1 aromatic carbocycles. The molecule has 7 N–H and O–H groups in total. The minimum absolute atomic E-state index is 0.000418. The van der Waals surface area contributed by atoms with Crippen molar-refractivity contribution in [3.8, 4) is 0 Å². The number of halogens is 1. The third kappa shape index (κ3) is 3.53. The fourth-order valence-electron chi connectivity index (χ4n) is 2.77. The molecule has 0 bridgehead atoms. The number of hydrogen-bond acceptors (Lipinski definition) is 7. The van der Waals surface area contributed by atoms with E-state index in [1.54, 1.807) is 24.3 Å². The predicted molar refractivity (Wildman–Crippen MR) is 94.2 cm³/mol. The molecule has 140 valence electrons. The molecule has 3 rings (SSSR count). The van der Waals surface area contributed by atoms with Gasteiger partial charge in [0.25, 0.3) is 5.91 Å². The van der Waals surface area contributed by atoms with Gasteiger partial charge in [-0.05, 0) is 17.7 Å². The minimum atomic E-state index is -1.23. The monoisotopic (exact) mass is 381 g/mol. The van der Waals surface area contributed by atoms with Crippen LogP contribution in [-0.4, -0.2) is 50.5 Å². The lowest BCUT2D eigenvalue weighted by molar-refractivity contribution is -0.0330. The summed E-state index contributed by atoms with van der Waals surface area (Å²) in [6, 6.07) is 7.04. The molecular weight excluding hydrogens is 362 g/mol. The Kier molecular flexibility index (Phi) is 5.44. The van der Waals surface area contributed by atoms with E-state index in [4.69, 9.17) is 27.8 Å². The van der Waals surface area contributed by atoms with Gasteiger partial charge in [-0.1, -0.05) is 23.7 Å². The summed E-state index contributed by atoms with van der Waals surface area (Å²) in [6.45, 7) is 0.316. The number of aromatic nitrogens is 2. The number of aliphatic hydroxyl groups is 2. The van der Waals surface area contributed by atoms with Crippen molar-refractivity contribution in [2.24, 2.45) is 5.73 Å². The Bertz CT molecular complexity index is 781. The fraction of sp³-hybridized carbons (Fsp3) is 0.375. The lowest BCUT2D eigenvalue weighted by Gasteiger charge is -2.17. The molecule has 4 atom stereocenters. The van der Waals surface area contributed by atoms with Crippen molar-refractivity contribution in [2.45, 2.75) is 31.1 Å². The van der Waals surface area contributed by atoms with Gasteiger partial charge in [-0.3, -0.25) is 9.36 Å². The SMILES string of the molecule is NCC1OC(n2cnc(C(=O)NCc3ccc(Cl)cc3)c2N)C(O)C1O. The molecule has 26 heavy (non-hydrogen) atoms. The molecule has 1 saturated heterocycles. The van der Waals surface area contributed by atoms with Crippen LogP contribution in [0.15, 0.2) is 30.6 Å². The summed E-state index contributed by atoms with van der Waals surface area (Å²) in [5.74, 6) is -0.452. The van der Waals surface area contributed by atoms with Gasteiger partial charge >= 0.3 is 0 Å². The van der Waals surface area contributed by atoms with Crippen molar-refractivity contribution >= 4 is 23.3 Å². The van der Waals surface area contributed by atoms with E-state index in [0.717, 1.165) is 5.56 Å². The number of carbonyl (C=O) groups excluding carboxylic acids is 1. The summed E-state index contributed by atoms with van der Waals surface area (Å²) in [5, 5.41) is 23.3. The highest BCUT2D eigenvalue weighted by molar-refractivity contribution is 6.30. The number of amides is 1. The topological polar surface area (TPSA) is 149 Å². The summed E-state index contributed by atoms with van der Waals surface area (Å²) < 4.78 is 6.82. The molecule has 0 saturated carbocycles. The number of nitrogen functional groups attached to an aromatic ring is 1. The molecule has 4 unspecified atom stereocenters. The van der Waals surface area contributed by atoms with Gasteiger partial charge in [0.15, 0.2) is 11.9 Å². The van der Waals surface area contributed by atoms with Crippen LogP contribution in [0.1, 0.15) is 22.3 Å². The average molecular weight is 382 g/mol. The first kappa shape index (κ1) is 18.6. The number of imidazole rings is 1. The molecular formula is C16H20ClN5O4. The van der Waals surface area contributed by atoms with Gasteiger partial charge in [-0.2, -0.15) is 0 Å². The average Bonchev–Trinajstić information content (AvgIpc) is 3.14. The summed E-state index contributed by atoms with van der Waals surface area (Å²) in [5.41, 5.74) is 12.3. The highest BCUT2D eigenvalue weighted by Crippen LogP contribution is 2.31. The van der Waals surface area contributed by atoms with Crippen LogP contribution in [0.5, 0.6) is 0 Å². The maximum Gasteiger partial charge on any atom is 0.273 e. The standard InChI is InChI=1S/C16H20ClN5O4/c17-9-3-1-8(2-4-9)6-20-15(25)11-14(19)22(7-21-11)16-13(24)12(23)10(5-18)26-16/h1-4,7,10,12-13,16,23-24H,5-6,18-19H2,(H,20,25). The van der Waals surface area contributed by atoms with Crippen LogP contribution in [0, 0.1) is 0 Å². The van der Waals surface area contributed by atoms with Crippen LogP contribution >= 0.6 is 11.6 Å². The summed E-state index contributed by atoms with van der Waals surface area (Å²) in [7, 11) is 0. The van der Waals surface area contributed by atoms with Gasteiger partial charge in [-0.25, -0.2) is 4.98 Å². The molecule has 0 aliphatic carbocycles. The normalized spacial score (nSPS) is 25.4. The van der Waals surface area contributed by atoms with E-state index in [1.807, 2.05) is 0 Å². The van der Waals surface area contributed by atoms with Crippen LogP contribution < -0.4 is 16.8 Å². The van der Waals surface area contributed by atoms with Gasteiger partial charge in [0, 0.05) is 18.1 Å². The number of rotatable bonds is 5. The molecule has 9 nitrogen and oxygen atoms in total. The second-order valence-electron chi connectivity index (χ2n) is 5.98. The van der Waals surface area contributed by atoms with Crippen molar-refractivity contribution in [1.29, 1.82) is 0 Å². The minimum Gasteiger partial charge on any atom is -0.387 e. The third-order valence-corrected chi connectivity index (χ3v) is 4.51. The van der Waals surface area contributed by atoms with Gasteiger partial charge in [0.2, 0.25) is 0 Å². The Morgan fingerprint density at radius 2 is 2.00 bits per heavy atom. The maximum atomic E-state index is 12.3. The van der Waals surface area contributed by atoms with Crippen molar-refractivity contribution in [2.75, 3.05) is 12.3 Å². The number of ether oxygens (including phenoxy) is 1. The van der Waals surface area contributed by atoms with Gasteiger partial charge in [0.05, 0.1) is 6.33 Å². The summed E-state index contributed by atoms with van der Waals surface area (Å²) >= 11 is 5.82. The van der Waals surface area contributed by atoms with Crippen LogP contribution in [0.4, 0.5) is 5.82 Å². The molecule has 1 aromatic heterocycles. The van der Waals surface area contributed by atoms with Crippen LogP contribution in [0.25, 0.3) is 0 Å². The van der Waals surface area contributed by atoms with Crippen molar-refractivity contribution in [3.63, 3.8) is 0 Å². The molecule has 1 aliphatic rings. The first-order chi connectivity index (χ1) is 12.4. The van der Waals surface area contributed by atoms with E-state index in [9.17, 15) is 15.0 Å². The van der Waals surface area contributed by atoms with E-state index >= 15 is 0 Å². The number of nitrogens with zero attached hydrogens (tertiary/aromatic N) is 2. The zero-order valence-corrected chi connectivity index (χ0v) is 14.5. The smallest absolute Gasteiger partial charge is 0.273 e. The van der Waals surface area contributed by atoms with E-state index in [2.05, 4.69) is 10.3 Å². The Balaban J connectivity index is 1.70. The number of anilines is 1. The lowest BCUT2D eigenvalue weighted by Crippen LogP contribution is -2.35. The quantitative estimate of drug-likeness (QED) is 0.474. The number of carbonyl (C=O) groups is 1. The zero-order valence-electron chi connectivity index (χ0n) is 13.7. The Morgan fingerprint density at radius 3 is 2.62 bits per heavy atom. The number of hydrogen-bond donors (Lipinski definition) is 5. The number of aliphatic hydroxyl groups excluding tert-OH is 2. The molecule has 1 amide bonds. The van der Waals surface area contributed by atoms with Crippen molar-refractivity contribution < 1.29 is 19.7 Å². The Hall–Kier alpha value is -2.17. The largest absolute Gasteiger partial charge is 0.387 e. The summed E-state index contributed by atoms with van der Waals surface area (Å²) in [6.07, 6.45) is -2.78. The number of nitrogens with one attached hydrogen (secondary N) is 1. The molecule has 1 aliphatic heterocycles. The van der Waals surface area contributed by atoms with Crippen LogP contribution in [0.2, 0.25) is 5.02 Å². The van der Waals surface area contributed by atoms with Gasteiger partial charge in [0.1, 0.15) is 24.1 Å². The third-order valence-electron chi connectivity index (χ3n) is 4.26. The predicted octanol–water partition coefficient (Wildman–Crippen LogP) is -0.373. The van der Waals surface area contributed by atoms with E-state index in [-0.39, 0.29) is 24.6 Å². The summed E-state index contributed by atoms with van der Waals surface area (Å²) in [4.78, 5) is 16.3. The van der Waals surface area contributed by atoms with Crippen molar-refractivity contribution in [3.05, 3.63) is 46.9 Å². The Labute approximate surface area is 154 Å². The second-order valence-corrected chi connectivity index (χ2v) is 6.41. The van der Waals surface area contributed by atoms with Crippen LogP contribution in [-0.2, 0) is 11.3 Å². The molecule has 0 radical (unpaired) electrons. The second kappa shape index (κ2) is 7.60. The fourth-order valence-corrected chi connectivity index (χ4v) is 2.90. The molecule has 10 heteroatoms. The van der Waals surface area contributed by atoms with E-state index in [1.165, 1.54) is 10.9 Å². The highest BCUT2D eigenvalue weighted by atomic mass is 35.5. The molecule has 1 fully saturated rings. The molecule has 2 aromatic rings. The first-order valence-corrected chi connectivity index (χ1v) is 8.36. The van der Waals surface area contributed by atoms with Gasteiger partial charge in [-0.15, -0.1) is 0 Å². The first-order valence-electron chi connectivity index (χ1n) is 7.99. The number of benzene rings is 1. The lowest BCUT2D eigenvalue weighted by atomic mass is 10.1. The molecule has 0 spiro atoms. The highest BCUT2D eigenvalue weighted by Gasteiger charge is 2.43. The van der Waals surface area contributed by atoms with Crippen LogP contribution in [0.3, 0.4) is 0 Å². The number of nitrogens with two attached hydrogens (primary N) is 2. The zero-order chi connectivity index (χ0) is 18.8. The Morgan fingerprint density at radius 1 is 1.31 bits per heavy atom. The maximum absolute atomic E-state index is 12.3. The molecule has 2 heterocycles. The van der Waals surface area contributed by atoms with E-state index < -0.39 is 30.4 Å². The van der Waals surface area contributed by atoms with Gasteiger partial charge < -0.3 is 31.7 Å². The van der Waals surface area contributed by atoms with Crippen molar-refractivity contribution in [1.82, 2.24) is 14.9 Å².